The fourth-order valence-corrected chi connectivity index (χ4v) is 1.23. The summed E-state index contributed by atoms with van der Waals surface area (Å²) in [4.78, 5) is 0. The summed E-state index contributed by atoms with van der Waals surface area (Å²) >= 11 is 0. The number of hydrogen-bond acceptors (Lipinski definition) is 1. The molecule has 1 nitrogen and oxygen atoms in total. The highest BCUT2D eigenvalue weighted by Crippen LogP contribution is 2.18. The quantitative estimate of drug-likeness (QED) is 0.734. The molecule has 0 atom stereocenters. The largest absolute Gasteiger partial charge is 0.325 e. The van der Waals surface area contributed by atoms with Gasteiger partial charge in [-0.05, 0) is 31.9 Å². The van der Waals surface area contributed by atoms with Crippen molar-refractivity contribution in [2.45, 2.75) is 25.8 Å². The van der Waals surface area contributed by atoms with Crippen molar-refractivity contribution < 1.29 is 13.2 Å². The van der Waals surface area contributed by atoms with Gasteiger partial charge < -0.3 is 5.73 Å². The highest BCUT2D eigenvalue weighted by molar-refractivity contribution is 5.22. The van der Waals surface area contributed by atoms with E-state index in [0.29, 0.717) is 6.07 Å². The molecule has 1 rings (SSSR count). The minimum Gasteiger partial charge on any atom is -0.325 e. The fraction of sp³-hybridized carbons (Fsp3) is 0.400. The second kappa shape index (κ2) is 3.61. The van der Waals surface area contributed by atoms with E-state index in [2.05, 4.69) is 0 Å². The van der Waals surface area contributed by atoms with E-state index in [1.54, 1.807) is 13.8 Å². The normalized spacial score (nSPS) is 11.9. The Hall–Kier alpha value is -1.03. The van der Waals surface area contributed by atoms with Gasteiger partial charge in [0.2, 0.25) is 0 Å². The summed E-state index contributed by atoms with van der Waals surface area (Å²) in [6, 6.07) is 1.48. The molecule has 78 valence electrons. The maximum absolute atomic E-state index is 13.1. The number of hydrogen-bond donors (Lipinski definition) is 1. The summed E-state index contributed by atoms with van der Waals surface area (Å²) in [5.74, 6) is -2.99. The molecule has 14 heavy (non-hydrogen) atoms. The molecule has 1 aromatic carbocycles. The van der Waals surface area contributed by atoms with Crippen LogP contribution in [0.4, 0.5) is 13.2 Å². The van der Waals surface area contributed by atoms with Crippen LogP contribution in [0.2, 0.25) is 0 Å². The molecule has 0 aliphatic carbocycles. The Balaban J connectivity index is 3.09. The lowest BCUT2D eigenvalue weighted by Gasteiger charge is -2.18. The van der Waals surface area contributed by atoms with E-state index in [1.807, 2.05) is 0 Å². The van der Waals surface area contributed by atoms with Gasteiger partial charge in [-0.15, -0.1) is 0 Å². The predicted molar refractivity (Wildman–Crippen MR) is 48.3 cm³/mol. The molecule has 0 radical (unpaired) electrons. The van der Waals surface area contributed by atoms with Crippen LogP contribution in [0.3, 0.4) is 0 Å². The molecule has 0 amide bonds. The molecule has 2 N–H and O–H groups in total. The summed E-state index contributed by atoms with van der Waals surface area (Å²) in [5.41, 5.74) is 4.90. The first-order chi connectivity index (χ1) is 6.29. The van der Waals surface area contributed by atoms with Gasteiger partial charge in [0.15, 0.2) is 11.6 Å². The van der Waals surface area contributed by atoms with Crippen LogP contribution >= 0.6 is 0 Å². The molecule has 0 aromatic heterocycles. The van der Waals surface area contributed by atoms with E-state index in [0.717, 1.165) is 6.07 Å². The third-order valence-corrected chi connectivity index (χ3v) is 1.71. The van der Waals surface area contributed by atoms with E-state index in [9.17, 15) is 13.2 Å². The monoisotopic (exact) mass is 203 g/mol. The van der Waals surface area contributed by atoms with Crippen LogP contribution < -0.4 is 5.73 Å². The van der Waals surface area contributed by atoms with E-state index in [4.69, 9.17) is 5.73 Å². The van der Waals surface area contributed by atoms with Crippen molar-refractivity contribution in [1.29, 1.82) is 0 Å². The Kier molecular flexibility index (Phi) is 2.85. The molecule has 0 unspecified atom stereocenters. The first-order valence-corrected chi connectivity index (χ1v) is 4.22. The lowest BCUT2D eigenvalue weighted by atomic mass is 9.96. The van der Waals surface area contributed by atoms with Crippen LogP contribution in [-0.4, -0.2) is 5.54 Å². The Morgan fingerprint density at radius 3 is 2.29 bits per heavy atom. The van der Waals surface area contributed by atoms with E-state index in [1.165, 1.54) is 0 Å². The van der Waals surface area contributed by atoms with Crippen molar-refractivity contribution in [1.82, 2.24) is 0 Å². The third kappa shape index (κ3) is 2.73. The summed E-state index contributed by atoms with van der Waals surface area (Å²) in [5, 5.41) is 0. The first-order valence-electron chi connectivity index (χ1n) is 4.22. The second-order valence-corrected chi connectivity index (χ2v) is 4.03. The van der Waals surface area contributed by atoms with Crippen LogP contribution in [-0.2, 0) is 6.42 Å². The van der Waals surface area contributed by atoms with Gasteiger partial charge in [-0.1, -0.05) is 0 Å². The van der Waals surface area contributed by atoms with E-state index >= 15 is 0 Å². The zero-order chi connectivity index (χ0) is 10.9. The lowest BCUT2D eigenvalue weighted by Crippen LogP contribution is -2.34. The molecule has 0 saturated heterocycles. The maximum Gasteiger partial charge on any atom is 0.162 e. The summed E-state index contributed by atoms with van der Waals surface area (Å²) in [6.45, 7) is 3.32. The summed E-state index contributed by atoms with van der Waals surface area (Å²) in [6.07, 6.45) is 0.0908. The van der Waals surface area contributed by atoms with E-state index in [-0.39, 0.29) is 12.0 Å². The number of benzene rings is 1. The molecule has 0 heterocycles. The number of rotatable bonds is 2. The molecular weight excluding hydrogens is 191 g/mol. The minimum absolute atomic E-state index is 0.0324. The van der Waals surface area contributed by atoms with Crippen molar-refractivity contribution in [3.05, 3.63) is 35.1 Å². The summed E-state index contributed by atoms with van der Waals surface area (Å²) in [7, 11) is 0. The maximum atomic E-state index is 13.1. The van der Waals surface area contributed by atoms with E-state index < -0.39 is 23.0 Å². The lowest BCUT2D eigenvalue weighted by molar-refractivity contribution is 0.457. The van der Waals surface area contributed by atoms with Crippen LogP contribution in [0.25, 0.3) is 0 Å². The van der Waals surface area contributed by atoms with Crippen LogP contribution in [0, 0.1) is 17.5 Å². The molecule has 0 spiro atoms. The van der Waals surface area contributed by atoms with Crippen molar-refractivity contribution in [2.24, 2.45) is 5.73 Å². The van der Waals surface area contributed by atoms with Gasteiger partial charge in [0, 0.05) is 11.6 Å². The summed E-state index contributed by atoms with van der Waals surface area (Å²) < 4.78 is 38.6. The van der Waals surface area contributed by atoms with Gasteiger partial charge in [0.05, 0.1) is 0 Å². The molecule has 0 bridgehead atoms. The predicted octanol–water partition coefficient (Wildman–Crippen LogP) is 2.38. The van der Waals surface area contributed by atoms with Crippen LogP contribution in [0.1, 0.15) is 19.4 Å². The Labute approximate surface area is 80.7 Å². The SMILES string of the molecule is CC(C)(N)Cc1cc(F)cc(F)c1F. The van der Waals surface area contributed by atoms with Gasteiger partial charge in [-0.2, -0.15) is 0 Å². The molecule has 0 fully saturated rings. The average Bonchev–Trinajstić information content (AvgIpc) is 1.96. The molecule has 4 heteroatoms. The zero-order valence-corrected chi connectivity index (χ0v) is 8.07. The molecule has 0 aliphatic rings. The molecule has 0 aliphatic heterocycles. The van der Waals surface area contributed by atoms with Gasteiger partial charge in [-0.25, -0.2) is 13.2 Å². The second-order valence-electron chi connectivity index (χ2n) is 4.03. The smallest absolute Gasteiger partial charge is 0.162 e. The van der Waals surface area contributed by atoms with Gasteiger partial charge in [0.1, 0.15) is 5.82 Å². The highest BCUT2D eigenvalue weighted by atomic mass is 19.2. The standard InChI is InChI=1S/C10H12F3N/c1-10(2,14)5-6-3-7(11)4-8(12)9(6)13/h3-4H,5,14H2,1-2H3. The molecular formula is C10H12F3N. The molecule has 0 saturated carbocycles. The van der Waals surface area contributed by atoms with Crippen molar-refractivity contribution >= 4 is 0 Å². The highest BCUT2D eigenvalue weighted by Gasteiger charge is 2.18. The van der Waals surface area contributed by atoms with Crippen molar-refractivity contribution in [3.63, 3.8) is 0 Å². The number of halogens is 3. The van der Waals surface area contributed by atoms with Crippen molar-refractivity contribution in [2.75, 3.05) is 0 Å². The first kappa shape index (κ1) is 11.0. The van der Waals surface area contributed by atoms with Crippen molar-refractivity contribution in [3.8, 4) is 0 Å². The number of nitrogens with two attached hydrogens (primary N) is 1. The topological polar surface area (TPSA) is 26.0 Å². The van der Waals surface area contributed by atoms with Gasteiger partial charge in [-0.3, -0.25) is 0 Å². The van der Waals surface area contributed by atoms with Gasteiger partial charge >= 0.3 is 0 Å². The Bertz CT molecular complexity index is 342. The Morgan fingerprint density at radius 1 is 1.21 bits per heavy atom. The van der Waals surface area contributed by atoms with Gasteiger partial charge in [0.25, 0.3) is 0 Å². The average molecular weight is 203 g/mol. The minimum atomic E-state index is -1.18. The Morgan fingerprint density at radius 2 is 1.79 bits per heavy atom. The van der Waals surface area contributed by atoms with Crippen LogP contribution in [0.15, 0.2) is 12.1 Å². The fourth-order valence-electron chi connectivity index (χ4n) is 1.23. The molecule has 1 aromatic rings. The van der Waals surface area contributed by atoms with Crippen LogP contribution in [0.5, 0.6) is 0 Å². The third-order valence-electron chi connectivity index (χ3n) is 1.71. The zero-order valence-electron chi connectivity index (χ0n) is 8.07.